The molecule has 1 fully saturated rings. The van der Waals surface area contributed by atoms with Crippen molar-refractivity contribution in [3.63, 3.8) is 0 Å². The maximum atomic E-state index is 9.48. The summed E-state index contributed by atoms with van der Waals surface area (Å²) in [6, 6.07) is 2.44. The molecule has 0 saturated heterocycles. The highest BCUT2D eigenvalue weighted by atomic mass is 15.6. The zero-order valence-electron chi connectivity index (χ0n) is 15.3. The van der Waals surface area contributed by atoms with Gasteiger partial charge < -0.3 is 0 Å². The molecule has 0 amide bonds. The van der Waals surface area contributed by atoms with E-state index in [1.165, 1.54) is 57.8 Å². The summed E-state index contributed by atoms with van der Waals surface area (Å²) >= 11 is 0. The molecule has 0 unspecified atom stereocenters. The van der Waals surface area contributed by atoms with Crippen molar-refractivity contribution in [2.75, 3.05) is 0 Å². The predicted octanol–water partition coefficient (Wildman–Crippen LogP) is 4.93. The van der Waals surface area contributed by atoms with Crippen LogP contribution in [0.25, 0.3) is 0 Å². The van der Waals surface area contributed by atoms with E-state index >= 15 is 0 Å². The summed E-state index contributed by atoms with van der Waals surface area (Å²) in [6.45, 7) is 3.09. The number of hydrogen-bond acceptors (Lipinski definition) is 4. The number of nitrogens with zero attached hydrogens (tertiary/aromatic N) is 5. The lowest BCUT2D eigenvalue weighted by molar-refractivity contribution is 0.463. The van der Waals surface area contributed by atoms with Crippen LogP contribution in [-0.2, 0) is 12.0 Å². The van der Waals surface area contributed by atoms with Crippen LogP contribution >= 0.6 is 0 Å². The van der Waals surface area contributed by atoms with Crippen molar-refractivity contribution in [1.82, 2.24) is 20.2 Å². The minimum absolute atomic E-state index is 0.462. The van der Waals surface area contributed by atoms with Gasteiger partial charge in [-0.3, -0.25) is 0 Å². The van der Waals surface area contributed by atoms with Gasteiger partial charge in [-0.05, 0) is 24.5 Å². The van der Waals surface area contributed by atoms with E-state index in [1.54, 1.807) is 4.80 Å². The van der Waals surface area contributed by atoms with Gasteiger partial charge in [-0.15, -0.1) is 10.2 Å². The van der Waals surface area contributed by atoms with E-state index in [0.717, 1.165) is 38.6 Å². The smallest absolute Gasteiger partial charge is 0.194 e. The van der Waals surface area contributed by atoms with Crippen LogP contribution in [0.15, 0.2) is 0 Å². The van der Waals surface area contributed by atoms with E-state index in [-0.39, 0.29) is 0 Å². The van der Waals surface area contributed by atoms with Crippen LogP contribution in [0.4, 0.5) is 0 Å². The number of aryl methyl sites for hydroxylation is 1. The molecular weight excluding hydrogens is 298 g/mol. The average molecular weight is 332 g/mol. The third kappa shape index (κ3) is 5.58. The van der Waals surface area contributed by atoms with Crippen LogP contribution in [0.1, 0.15) is 103 Å². The molecule has 5 nitrogen and oxygen atoms in total. The first-order valence-electron chi connectivity index (χ1n) is 10.0. The molecule has 134 valence electrons. The maximum Gasteiger partial charge on any atom is 0.194 e. The zero-order valence-corrected chi connectivity index (χ0v) is 15.3. The minimum Gasteiger partial charge on any atom is -0.197 e. The van der Waals surface area contributed by atoms with Gasteiger partial charge in [-0.1, -0.05) is 77.6 Å². The first-order chi connectivity index (χ1) is 11.8. The van der Waals surface area contributed by atoms with E-state index in [4.69, 9.17) is 0 Å². The number of rotatable bonds is 12. The van der Waals surface area contributed by atoms with Gasteiger partial charge in [-0.25, -0.2) is 0 Å². The van der Waals surface area contributed by atoms with Crippen molar-refractivity contribution >= 4 is 0 Å². The first-order valence-corrected chi connectivity index (χ1v) is 10.0. The lowest BCUT2D eigenvalue weighted by atomic mass is 9.87. The molecule has 0 atom stereocenters. The average Bonchev–Trinajstić information content (AvgIpc) is 3.26. The fourth-order valence-electron chi connectivity index (χ4n) is 3.63. The molecule has 0 bridgehead atoms. The number of unbranched alkanes of at least 4 members (excludes halogenated alkanes) is 9. The lowest BCUT2D eigenvalue weighted by Crippen LogP contribution is -2.21. The first kappa shape index (κ1) is 18.9. The molecule has 1 heterocycles. The predicted molar refractivity (Wildman–Crippen MR) is 95.4 cm³/mol. The van der Waals surface area contributed by atoms with Crippen LogP contribution in [0.5, 0.6) is 0 Å². The van der Waals surface area contributed by atoms with E-state index in [1.807, 2.05) is 0 Å². The molecule has 24 heavy (non-hydrogen) atoms. The molecule has 1 aliphatic carbocycles. The molecule has 1 aliphatic rings. The van der Waals surface area contributed by atoms with Gasteiger partial charge >= 0.3 is 0 Å². The molecule has 0 aliphatic heterocycles. The Morgan fingerprint density at radius 3 is 2.12 bits per heavy atom. The topological polar surface area (TPSA) is 67.4 Å². The fourth-order valence-corrected chi connectivity index (χ4v) is 3.63. The highest BCUT2D eigenvalue weighted by Gasteiger charge is 2.40. The van der Waals surface area contributed by atoms with Gasteiger partial charge in [0.15, 0.2) is 5.82 Å². The summed E-state index contributed by atoms with van der Waals surface area (Å²) < 4.78 is 0. The Bertz CT molecular complexity index is 496. The lowest BCUT2D eigenvalue weighted by Gasteiger charge is -2.13. The van der Waals surface area contributed by atoms with Crippen LogP contribution in [-0.4, -0.2) is 20.2 Å². The standard InChI is InChI=1S/C19H33N5/c1-2-3-4-5-6-7-8-9-10-13-16-24-22-18(21-23-24)19(17-20)14-11-12-15-19/h2-16H2,1H3. The molecular formula is C19H33N5. The highest BCUT2D eigenvalue weighted by molar-refractivity contribution is 5.20. The van der Waals surface area contributed by atoms with Gasteiger partial charge in [0.1, 0.15) is 5.41 Å². The number of nitriles is 1. The second-order valence-electron chi connectivity index (χ2n) is 7.29. The monoisotopic (exact) mass is 331 g/mol. The third-order valence-electron chi connectivity index (χ3n) is 5.26. The van der Waals surface area contributed by atoms with Crippen LogP contribution in [0, 0.1) is 11.3 Å². The summed E-state index contributed by atoms with van der Waals surface area (Å²) in [5.41, 5.74) is -0.462. The Kier molecular flexibility index (Phi) is 8.21. The molecule has 1 aromatic heterocycles. The Morgan fingerprint density at radius 1 is 0.958 bits per heavy atom. The van der Waals surface area contributed by atoms with E-state index < -0.39 is 5.41 Å². The highest BCUT2D eigenvalue weighted by Crippen LogP contribution is 2.38. The number of aromatic nitrogens is 4. The Balaban J connectivity index is 1.56. The second kappa shape index (κ2) is 10.4. The molecule has 0 radical (unpaired) electrons. The molecule has 0 spiro atoms. The van der Waals surface area contributed by atoms with E-state index in [0.29, 0.717) is 5.82 Å². The molecule has 0 aromatic carbocycles. The minimum atomic E-state index is -0.462. The van der Waals surface area contributed by atoms with Crippen molar-refractivity contribution in [2.45, 2.75) is 109 Å². The van der Waals surface area contributed by atoms with Gasteiger partial charge in [-0.2, -0.15) is 10.1 Å². The second-order valence-corrected chi connectivity index (χ2v) is 7.29. The Hall–Kier alpha value is -1.44. The van der Waals surface area contributed by atoms with Crippen LogP contribution in [0.3, 0.4) is 0 Å². The zero-order chi connectivity index (χ0) is 17.1. The molecule has 2 rings (SSSR count). The van der Waals surface area contributed by atoms with Crippen molar-refractivity contribution in [3.05, 3.63) is 5.82 Å². The third-order valence-corrected chi connectivity index (χ3v) is 5.26. The molecule has 0 N–H and O–H groups in total. The SMILES string of the molecule is CCCCCCCCCCCCn1nnc(C2(C#N)CCCC2)n1. The molecule has 1 aromatic rings. The van der Waals surface area contributed by atoms with Crippen LogP contribution < -0.4 is 0 Å². The summed E-state index contributed by atoms with van der Waals surface area (Å²) in [5.74, 6) is 0.648. The summed E-state index contributed by atoms with van der Waals surface area (Å²) in [7, 11) is 0. The van der Waals surface area contributed by atoms with E-state index in [2.05, 4.69) is 28.4 Å². The van der Waals surface area contributed by atoms with Gasteiger partial charge in [0.2, 0.25) is 0 Å². The summed E-state index contributed by atoms with van der Waals surface area (Å²) in [6.07, 6.45) is 17.2. The molecule has 1 saturated carbocycles. The summed E-state index contributed by atoms with van der Waals surface area (Å²) in [5, 5.41) is 22.3. The van der Waals surface area contributed by atoms with Crippen LogP contribution in [0.2, 0.25) is 0 Å². The fraction of sp³-hybridized carbons (Fsp3) is 0.895. The van der Waals surface area contributed by atoms with Gasteiger partial charge in [0.05, 0.1) is 12.6 Å². The molecule has 5 heteroatoms. The number of tetrazole rings is 1. The van der Waals surface area contributed by atoms with Gasteiger partial charge in [0.25, 0.3) is 0 Å². The van der Waals surface area contributed by atoms with Crippen molar-refractivity contribution in [2.24, 2.45) is 0 Å². The van der Waals surface area contributed by atoms with Crippen molar-refractivity contribution < 1.29 is 0 Å². The quantitative estimate of drug-likeness (QED) is 0.509. The van der Waals surface area contributed by atoms with Crippen molar-refractivity contribution in [3.8, 4) is 6.07 Å². The largest absolute Gasteiger partial charge is 0.197 e. The van der Waals surface area contributed by atoms with Gasteiger partial charge in [0, 0.05) is 0 Å². The Labute approximate surface area is 146 Å². The summed E-state index contributed by atoms with van der Waals surface area (Å²) in [4.78, 5) is 1.69. The number of hydrogen-bond donors (Lipinski definition) is 0. The Morgan fingerprint density at radius 2 is 1.54 bits per heavy atom. The van der Waals surface area contributed by atoms with E-state index in [9.17, 15) is 5.26 Å². The normalized spacial score (nSPS) is 16.3. The van der Waals surface area contributed by atoms with Crippen molar-refractivity contribution in [1.29, 1.82) is 5.26 Å². The maximum absolute atomic E-state index is 9.48.